The number of hydrogen-bond acceptors (Lipinski definition) is 3. The molecule has 1 unspecified atom stereocenters. The minimum Gasteiger partial charge on any atom is -0.483 e. The van der Waals surface area contributed by atoms with Gasteiger partial charge in [-0.3, -0.25) is 4.79 Å². The molecule has 4 nitrogen and oxygen atoms in total. The molecule has 112 valence electrons. The molecule has 0 bridgehead atoms. The Bertz CT molecular complexity index is 432. The average Bonchev–Trinajstić information content (AvgIpc) is 2.38. The molecule has 0 aliphatic rings. The summed E-state index contributed by atoms with van der Waals surface area (Å²) in [5.41, 5.74) is 2.26. The molecule has 1 atom stereocenters. The van der Waals surface area contributed by atoms with Gasteiger partial charge in [0.05, 0.1) is 0 Å². The predicted octanol–water partition coefficient (Wildman–Crippen LogP) is 2.40. The van der Waals surface area contributed by atoms with E-state index in [1.807, 2.05) is 33.0 Å². The lowest BCUT2D eigenvalue weighted by Gasteiger charge is -2.15. The summed E-state index contributed by atoms with van der Waals surface area (Å²) in [5.74, 6) is 0.699. The molecule has 0 aromatic heterocycles. The van der Waals surface area contributed by atoms with Gasteiger partial charge >= 0.3 is 0 Å². The third-order valence-corrected chi connectivity index (χ3v) is 3.07. The van der Waals surface area contributed by atoms with Crippen molar-refractivity contribution in [2.45, 2.75) is 46.2 Å². The Balaban J connectivity index is 2.54. The number of nitrogens with one attached hydrogen (secondary N) is 2. The van der Waals surface area contributed by atoms with Crippen molar-refractivity contribution in [2.75, 3.05) is 13.7 Å². The summed E-state index contributed by atoms with van der Waals surface area (Å²) in [4.78, 5) is 11.8. The molecule has 0 radical (unpaired) electrons. The van der Waals surface area contributed by atoms with E-state index in [1.165, 1.54) is 5.56 Å². The Labute approximate surface area is 121 Å². The van der Waals surface area contributed by atoms with Crippen molar-refractivity contribution in [1.29, 1.82) is 0 Å². The first-order chi connectivity index (χ1) is 9.56. The van der Waals surface area contributed by atoms with Crippen LogP contribution in [0.3, 0.4) is 0 Å². The van der Waals surface area contributed by atoms with Gasteiger partial charge in [-0.25, -0.2) is 0 Å². The largest absolute Gasteiger partial charge is 0.483 e. The zero-order valence-corrected chi connectivity index (χ0v) is 13.0. The summed E-state index contributed by atoms with van der Waals surface area (Å²) in [5, 5.41) is 6.04. The lowest BCUT2D eigenvalue weighted by Crippen LogP contribution is -2.36. The molecule has 1 aromatic carbocycles. The van der Waals surface area contributed by atoms with Crippen molar-refractivity contribution in [1.82, 2.24) is 10.6 Å². The summed E-state index contributed by atoms with van der Waals surface area (Å²) < 4.78 is 5.63. The van der Waals surface area contributed by atoms with Gasteiger partial charge in [-0.2, -0.15) is 0 Å². The fourth-order valence-corrected chi connectivity index (χ4v) is 2.14. The van der Waals surface area contributed by atoms with Gasteiger partial charge in [0.1, 0.15) is 5.75 Å². The van der Waals surface area contributed by atoms with Crippen LogP contribution in [0.1, 0.15) is 37.8 Å². The van der Waals surface area contributed by atoms with Gasteiger partial charge in [0.25, 0.3) is 5.91 Å². The number of ether oxygens (including phenoxy) is 1. The summed E-state index contributed by atoms with van der Waals surface area (Å²) in [6.45, 7) is 6.95. The van der Waals surface area contributed by atoms with Crippen LogP contribution in [0.25, 0.3) is 0 Å². The first-order valence-electron chi connectivity index (χ1n) is 7.23. The van der Waals surface area contributed by atoms with Crippen LogP contribution < -0.4 is 15.4 Å². The molecular formula is C16H26N2O2. The Kier molecular flexibility index (Phi) is 7.09. The lowest BCUT2D eigenvalue weighted by molar-refractivity contribution is -0.123. The zero-order valence-electron chi connectivity index (χ0n) is 13.0. The molecule has 0 saturated carbocycles. The highest BCUT2D eigenvalue weighted by Gasteiger charge is 2.09. The van der Waals surface area contributed by atoms with Crippen LogP contribution in [0.4, 0.5) is 0 Å². The van der Waals surface area contributed by atoms with E-state index < -0.39 is 0 Å². The highest BCUT2D eigenvalue weighted by molar-refractivity contribution is 5.77. The maximum Gasteiger partial charge on any atom is 0.258 e. The fourth-order valence-electron chi connectivity index (χ4n) is 2.14. The van der Waals surface area contributed by atoms with Gasteiger partial charge in [0, 0.05) is 18.2 Å². The second-order valence-electron chi connectivity index (χ2n) is 5.19. The molecule has 0 spiro atoms. The molecule has 2 N–H and O–H groups in total. The third-order valence-electron chi connectivity index (χ3n) is 3.07. The SMILES string of the molecule is CCCC(C)NC(=O)COc1ccc(C)cc1CNC. The van der Waals surface area contributed by atoms with E-state index in [0.29, 0.717) is 0 Å². The van der Waals surface area contributed by atoms with E-state index in [-0.39, 0.29) is 18.6 Å². The summed E-state index contributed by atoms with van der Waals surface area (Å²) in [6, 6.07) is 6.19. The van der Waals surface area contributed by atoms with Crippen molar-refractivity contribution in [3.63, 3.8) is 0 Å². The predicted molar refractivity (Wildman–Crippen MR) is 82.0 cm³/mol. The lowest BCUT2D eigenvalue weighted by atomic mass is 10.1. The van der Waals surface area contributed by atoms with E-state index >= 15 is 0 Å². The van der Waals surface area contributed by atoms with E-state index in [9.17, 15) is 4.79 Å². The first-order valence-corrected chi connectivity index (χ1v) is 7.23. The standard InChI is InChI=1S/C16H26N2O2/c1-5-6-13(3)18-16(19)11-20-15-8-7-12(2)9-14(15)10-17-4/h7-9,13,17H,5-6,10-11H2,1-4H3,(H,18,19). The van der Waals surface area contributed by atoms with Crippen LogP contribution in [0.2, 0.25) is 0 Å². The molecule has 0 aliphatic heterocycles. The number of aryl methyl sites for hydroxylation is 1. The fraction of sp³-hybridized carbons (Fsp3) is 0.562. The van der Waals surface area contributed by atoms with Crippen LogP contribution >= 0.6 is 0 Å². The van der Waals surface area contributed by atoms with Crippen molar-refractivity contribution < 1.29 is 9.53 Å². The number of amides is 1. The maximum absolute atomic E-state index is 11.8. The molecule has 1 rings (SSSR count). The Morgan fingerprint density at radius 1 is 1.40 bits per heavy atom. The maximum atomic E-state index is 11.8. The number of carbonyl (C=O) groups is 1. The van der Waals surface area contributed by atoms with Gasteiger partial charge in [0.15, 0.2) is 6.61 Å². The highest BCUT2D eigenvalue weighted by atomic mass is 16.5. The molecule has 1 amide bonds. The van der Waals surface area contributed by atoms with Crippen molar-refractivity contribution in [3.05, 3.63) is 29.3 Å². The van der Waals surface area contributed by atoms with Crippen molar-refractivity contribution >= 4 is 5.91 Å². The minimum absolute atomic E-state index is 0.0633. The zero-order chi connectivity index (χ0) is 15.0. The molecule has 20 heavy (non-hydrogen) atoms. The second kappa shape index (κ2) is 8.59. The highest BCUT2D eigenvalue weighted by Crippen LogP contribution is 2.19. The molecular weight excluding hydrogens is 252 g/mol. The van der Waals surface area contributed by atoms with Gasteiger partial charge in [-0.1, -0.05) is 31.0 Å². The summed E-state index contributed by atoms with van der Waals surface area (Å²) >= 11 is 0. The van der Waals surface area contributed by atoms with Crippen LogP contribution in [0.5, 0.6) is 5.75 Å². The Hall–Kier alpha value is -1.55. The van der Waals surface area contributed by atoms with Gasteiger partial charge < -0.3 is 15.4 Å². The number of carbonyl (C=O) groups excluding carboxylic acids is 1. The topological polar surface area (TPSA) is 50.4 Å². The van der Waals surface area contributed by atoms with Crippen molar-refractivity contribution in [2.24, 2.45) is 0 Å². The number of benzene rings is 1. The van der Waals surface area contributed by atoms with Crippen LogP contribution in [0, 0.1) is 6.92 Å². The molecule has 1 aromatic rings. The third kappa shape index (κ3) is 5.61. The van der Waals surface area contributed by atoms with E-state index in [1.54, 1.807) is 0 Å². The Morgan fingerprint density at radius 3 is 2.80 bits per heavy atom. The molecule has 0 fully saturated rings. The smallest absolute Gasteiger partial charge is 0.258 e. The van der Waals surface area contributed by atoms with E-state index in [2.05, 4.69) is 23.6 Å². The normalized spacial score (nSPS) is 12.0. The molecule has 4 heteroatoms. The second-order valence-corrected chi connectivity index (χ2v) is 5.19. The van der Waals surface area contributed by atoms with Crippen LogP contribution in [0.15, 0.2) is 18.2 Å². The molecule has 0 heterocycles. The van der Waals surface area contributed by atoms with Crippen molar-refractivity contribution in [3.8, 4) is 5.75 Å². The first kappa shape index (κ1) is 16.5. The summed E-state index contributed by atoms with van der Waals surface area (Å²) in [6.07, 6.45) is 2.05. The van der Waals surface area contributed by atoms with Gasteiger partial charge in [0.2, 0.25) is 0 Å². The van der Waals surface area contributed by atoms with Crippen LogP contribution in [-0.4, -0.2) is 25.6 Å². The molecule has 0 saturated heterocycles. The van der Waals surface area contributed by atoms with E-state index in [0.717, 1.165) is 30.7 Å². The Morgan fingerprint density at radius 2 is 2.15 bits per heavy atom. The minimum atomic E-state index is -0.0677. The number of hydrogen-bond donors (Lipinski definition) is 2. The van der Waals surface area contributed by atoms with Gasteiger partial charge in [-0.15, -0.1) is 0 Å². The van der Waals surface area contributed by atoms with Gasteiger partial charge in [-0.05, 0) is 33.4 Å². The average molecular weight is 278 g/mol. The number of rotatable bonds is 8. The van der Waals surface area contributed by atoms with E-state index in [4.69, 9.17) is 4.74 Å². The molecule has 0 aliphatic carbocycles. The summed E-state index contributed by atoms with van der Waals surface area (Å²) in [7, 11) is 1.89. The monoisotopic (exact) mass is 278 g/mol. The quantitative estimate of drug-likeness (QED) is 0.767. The van der Waals surface area contributed by atoms with Crippen LogP contribution in [-0.2, 0) is 11.3 Å².